The van der Waals surface area contributed by atoms with Crippen molar-refractivity contribution in [1.82, 2.24) is 14.4 Å². The highest BCUT2D eigenvalue weighted by atomic mass is 32.1. The first-order valence-electron chi connectivity index (χ1n) is 8.51. The van der Waals surface area contributed by atoms with Crippen molar-refractivity contribution in [3.05, 3.63) is 51.0 Å². The second kappa shape index (κ2) is 6.87. The van der Waals surface area contributed by atoms with Crippen LogP contribution in [0.15, 0.2) is 29.3 Å². The maximum absolute atomic E-state index is 12.9. The standard InChI is InChI=1S/C18H18N4O3S/c1-25-15-8-7-11(9-19-15)21-16(23)12-10-20-18-22(17(12)24)13-5-3-2-4-6-14(13)26-18/h7-10H,2-6H2,1H3,(H,21,23). The fraction of sp³-hybridized carbons (Fsp3) is 0.333. The summed E-state index contributed by atoms with van der Waals surface area (Å²) >= 11 is 1.55. The number of fused-ring (bicyclic) bond motifs is 3. The zero-order valence-electron chi connectivity index (χ0n) is 14.3. The highest BCUT2D eigenvalue weighted by Gasteiger charge is 2.20. The van der Waals surface area contributed by atoms with E-state index in [4.69, 9.17) is 4.74 Å². The fourth-order valence-corrected chi connectivity index (χ4v) is 4.34. The average molecular weight is 370 g/mol. The van der Waals surface area contributed by atoms with Crippen LogP contribution in [0, 0.1) is 0 Å². The molecule has 0 fully saturated rings. The van der Waals surface area contributed by atoms with E-state index in [-0.39, 0.29) is 11.1 Å². The number of rotatable bonds is 3. The van der Waals surface area contributed by atoms with Crippen LogP contribution in [0.3, 0.4) is 0 Å². The molecule has 0 spiro atoms. The molecule has 0 unspecified atom stereocenters. The summed E-state index contributed by atoms with van der Waals surface area (Å²) in [6.07, 6.45) is 8.02. The Hall–Kier alpha value is -2.74. The van der Waals surface area contributed by atoms with E-state index >= 15 is 0 Å². The summed E-state index contributed by atoms with van der Waals surface area (Å²) in [7, 11) is 1.52. The van der Waals surface area contributed by atoms with Crippen molar-refractivity contribution in [3.63, 3.8) is 0 Å². The van der Waals surface area contributed by atoms with E-state index in [1.165, 1.54) is 24.4 Å². The number of hydrogen-bond acceptors (Lipinski definition) is 6. The van der Waals surface area contributed by atoms with Gasteiger partial charge in [0.05, 0.1) is 19.0 Å². The molecule has 0 bridgehead atoms. The van der Waals surface area contributed by atoms with Gasteiger partial charge in [-0.1, -0.05) is 6.42 Å². The van der Waals surface area contributed by atoms with Crippen molar-refractivity contribution >= 4 is 27.9 Å². The van der Waals surface area contributed by atoms with E-state index in [9.17, 15) is 9.59 Å². The lowest BCUT2D eigenvalue weighted by molar-refractivity contribution is 0.102. The topological polar surface area (TPSA) is 85.6 Å². The lowest BCUT2D eigenvalue weighted by Crippen LogP contribution is -2.27. The first kappa shape index (κ1) is 16.7. The quantitative estimate of drug-likeness (QED) is 0.717. The molecule has 3 aromatic rings. The van der Waals surface area contributed by atoms with Gasteiger partial charge in [-0.2, -0.15) is 0 Å². The van der Waals surface area contributed by atoms with Gasteiger partial charge < -0.3 is 10.1 Å². The van der Waals surface area contributed by atoms with Crippen molar-refractivity contribution in [1.29, 1.82) is 0 Å². The van der Waals surface area contributed by atoms with Crippen LogP contribution in [0.2, 0.25) is 0 Å². The Bertz CT molecular complexity index is 1020. The molecule has 1 aliphatic carbocycles. The molecule has 1 aliphatic rings. The number of anilines is 1. The van der Waals surface area contributed by atoms with Crippen LogP contribution in [-0.4, -0.2) is 27.4 Å². The Morgan fingerprint density at radius 2 is 2.04 bits per heavy atom. The van der Waals surface area contributed by atoms with E-state index in [0.717, 1.165) is 37.8 Å². The number of pyridine rings is 1. The molecule has 3 heterocycles. The third-order valence-electron chi connectivity index (χ3n) is 4.50. The van der Waals surface area contributed by atoms with Crippen LogP contribution >= 0.6 is 11.3 Å². The normalized spacial score (nSPS) is 13.9. The molecule has 0 saturated carbocycles. The average Bonchev–Trinajstić information content (AvgIpc) is 2.85. The molecule has 0 aromatic carbocycles. The van der Waals surface area contributed by atoms with Crippen molar-refractivity contribution in [2.75, 3.05) is 12.4 Å². The molecular formula is C18H18N4O3S. The highest BCUT2D eigenvalue weighted by Crippen LogP contribution is 2.27. The summed E-state index contributed by atoms with van der Waals surface area (Å²) in [5.74, 6) is -0.0374. The maximum Gasteiger partial charge on any atom is 0.271 e. The molecule has 3 aromatic heterocycles. The predicted molar refractivity (Wildman–Crippen MR) is 99.3 cm³/mol. The first-order chi connectivity index (χ1) is 12.7. The van der Waals surface area contributed by atoms with Crippen molar-refractivity contribution in [3.8, 4) is 5.88 Å². The Balaban J connectivity index is 1.69. The summed E-state index contributed by atoms with van der Waals surface area (Å²) in [6.45, 7) is 0. The van der Waals surface area contributed by atoms with Crippen LogP contribution in [0.25, 0.3) is 4.96 Å². The summed E-state index contributed by atoms with van der Waals surface area (Å²) in [4.78, 5) is 35.8. The summed E-state index contributed by atoms with van der Waals surface area (Å²) in [6, 6.07) is 3.31. The minimum atomic E-state index is -0.488. The number of ether oxygens (including phenoxy) is 1. The van der Waals surface area contributed by atoms with Gasteiger partial charge in [0.25, 0.3) is 11.5 Å². The van der Waals surface area contributed by atoms with Gasteiger partial charge in [-0.15, -0.1) is 11.3 Å². The van der Waals surface area contributed by atoms with Gasteiger partial charge in [-0.25, -0.2) is 9.97 Å². The maximum atomic E-state index is 12.9. The predicted octanol–water partition coefficient (Wildman–Crippen LogP) is 2.68. The van der Waals surface area contributed by atoms with Crippen LogP contribution in [0.5, 0.6) is 5.88 Å². The lowest BCUT2D eigenvalue weighted by Gasteiger charge is -2.06. The number of hydrogen-bond donors (Lipinski definition) is 1. The third kappa shape index (κ3) is 2.96. The number of methoxy groups -OCH3 is 1. The molecule has 0 aliphatic heterocycles. The van der Waals surface area contributed by atoms with E-state index in [0.29, 0.717) is 16.5 Å². The molecule has 0 saturated heterocycles. The van der Waals surface area contributed by atoms with Crippen LogP contribution in [0.1, 0.15) is 40.2 Å². The largest absolute Gasteiger partial charge is 0.481 e. The smallest absolute Gasteiger partial charge is 0.271 e. The molecule has 0 atom stereocenters. The van der Waals surface area contributed by atoms with Gasteiger partial charge in [0.2, 0.25) is 5.88 Å². The molecule has 26 heavy (non-hydrogen) atoms. The van der Waals surface area contributed by atoms with Crippen molar-refractivity contribution in [2.24, 2.45) is 0 Å². The minimum absolute atomic E-state index is 0.0307. The summed E-state index contributed by atoms with van der Waals surface area (Å²) in [5, 5.41) is 2.69. The van der Waals surface area contributed by atoms with E-state index in [1.807, 2.05) is 0 Å². The Morgan fingerprint density at radius 1 is 1.19 bits per heavy atom. The van der Waals surface area contributed by atoms with Crippen LogP contribution in [0.4, 0.5) is 5.69 Å². The molecule has 4 rings (SSSR count). The Labute approximate surface area is 153 Å². The SMILES string of the molecule is COc1ccc(NC(=O)c2cnc3sc4c(n3c2=O)CCCCC4)cn1. The van der Waals surface area contributed by atoms with E-state index < -0.39 is 5.91 Å². The van der Waals surface area contributed by atoms with Gasteiger partial charge in [-0.3, -0.25) is 14.0 Å². The molecule has 7 nitrogen and oxygen atoms in total. The highest BCUT2D eigenvalue weighted by molar-refractivity contribution is 7.17. The number of nitrogens with one attached hydrogen (secondary N) is 1. The molecule has 1 N–H and O–H groups in total. The molecule has 1 amide bonds. The summed E-state index contributed by atoms with van der Waals surface area (Å²) < 4.78 is 6.61. The molecule has 134 valence electrons. The van der Waals surface area contributed by atoms with Crippen molar-refractivity contribution < 1.29 is 9.53 Å². The van der Waals surface area contributed by atoms with Crippen molar-refractivity contribution in [2.45, 2.75) is 32.1 Å². The lowest BCUT2D eigenvalue weighted by atomic mass is 10.2. The first-order valence-corrected chi connectivity index (χ1v) is 9.32. The van der Waals surface area contributed by atoms with Gasteiger partial charge in [0, 0.05) is 22.8 Å². The second-order valence-electron chi connectivity index (χ2n) is 6.17. The molecule has 8 heteroatoms. The van der Waals surface area contributed by atoms with E-state index in [2.05, 4.69) is 15.3 Å². The molecular weight excluding hydrogens is 352 g/mol. The van der Waals surface area contributed by atoms with E-state index in [1.54, 1.807) is 27.9 Å². The summed E-state index contributed by atoms with van der Waals surface area (Å²) in [5.41, 5.74) is 1.22. The number of amides is 1. The Morgan fingerprint density at radius 3 is 2.81 bits per heavy atom. The van der Waals surface area contributed by atoms with Gasteiger partial charge in [0.1, 0.15) is 5.56 Å². The number of aromatic nitrogens is 3. The Kier molecular flexibility index (Phi) is 4.42. The van der Waals surface area contributed by atoms with Crippen LogP contribution in [-0.2, 0) is 12.8 Å². The van der Waals surface area contributed by atoms with Gasteiger partial charge >= 0.3 is 0 Å². The number of aryl methyl sites for hydroxylation is 2. The zero-order valence-corrected chi connectivity index (χ0v) is 15.1. The number of nitrogens with zero attached hydrogens (tertiary/aromatic N) is 3. The van der Waals surface area contributed by atoms with Gasteiger partial charge in [-0.05, 0) is 31.7 Å². The number of carbonyl (C=O) groups is 1. The second-order valence-corrected chi connectivity index (χ2v) is 7.23. The molecule has 0 radical (unpaired) electrons. The third-order valence-corrected chi connectivity index (χ3v) is 5.66. The van der Waals surface area contributed by atoms with Crippen LogP contribution < -0.4 is 15.6 Å². The zero-order chi connectivity index (χ0) is 18.1. The fourth-order valence-electron chi connectivity index (χ4n) is 3.17. The number of thiazole rings is 1. The number of carbonyl (C=O) groups excluding carboxylic acids is 1. The minimum Gasteiger partial charge on any atom is -0.481 e. The van der Waals surface area contributed by atoms with Gasteiger partial charge in [0.15, 0.2) is 4.96 Å². The monoisotopic (exact) mass is 370 g/mol.